The normalized spacial score (nSPS) is 15.2. The lowest BCUT2D eigenvalue weighted by atomic mass is 9.73. The third-order valence-electron chi connectivity index (χ3n) is 13.7. The molecule has 9 aromatic rings. The molecule has 2 aliphatic carbocycles. The van der Waals surface area contributed by atoms with Crippen LogP contribution in [-0.2, 0) is 21.7 Å². The average molecular weight is 770 g/mol. The van der Waals surface area contributed by atoms with E-state index < -0.39 is 0 Å². The van der Waals surface area contributed by atoms with E-state index in [9.17, 15) is 0 Å². The number of rotatable bonds is 3. The molecule has 0 amide bonds. The molecule has 2 aliphatic rings. The second-order valence-electron chi connectivity index (χ2n) is 20.2. The first-order valence-electron chi connectivity index (χ1n) is 21.2. The van der Waals surface area contributed by atoms with Gasteiger partial charge in [-0.05, 0) is 115 Å². The van der Waals surface area contributed by atoms with Crippen LogP contribution in [0, 0.1) is 0 Å². The van der Waals surface area contributed by atoms with E-state index >= 15 is 0 Å². The molecule has 2 aromatic heterocycles. The number of nitrogens with zero attached hydrogens (tertiary/aromatic N) is 1. The van der Waals surface area contributed by atoms with Crippen molar-refractivity contribution in [2.45, 2.75) is 90.9 Å². The van der Waals surface area contributed by atoms with E-state index in [-0.39, 0.29) is 21.7 Å². The second-order valence-corrected chi connectivity index (χ2v) is 20.2. The summed E-state index contributed by atoms with van der Waals surface area (Å²) < 4.78 is 13.5. The summed E-state index contributed by atoms with van der Waals surface area (Å²) in [7, 11) is 0. The van der Waals surface area contributed by atoms with Crippen LogP contribution in [0.2, 0.25) is 0 Å². The topological polar surface area (TPSA) is 29.5 Å². The third kappa shape index (κ3) is 4.94. The summed E-state index contributed by atoms with van der Waals surface area (Å²) in [5, 5.41) is 4.68. The molecule has 0 unspecified atom stereocenters. The van der Waals surface area contributed by atoms with Crippen molar-refractivity contribution in [3.63, 3.8) is 0 Å². The van der Waals surface area contributed by atoms with Gasteiger partial charge in [0.15, 0.2) is 0 Å². The maximum absolute atomic E-state index is 7.03. The van der Waals surface area contributed by atoms with E-state index in [2.05, 4.69) is 202 Å². The molecule has 292 valence electrons. The van der Waals surface area contributed by atoms with Crippen LogP contribution >= 0.6 is 0 Å². The summed E-state index contributed by atoms with van der Waals surface area (Å²) >= 11 is 0. The molecule has 59 heavy (non-hydrogen) atoms. The largest absolute Gasteiger partial charge is 0.456 e. The molecule has 0 bridgehead atoms. The number of hydrogen-bond acceptors (Lipinski definition) is 3. The standard InChI is InChI=1S/C56H51NO2/c1-53(2,3)42-28-29-47-49(51(42)54(4,5)6)38-26-25-36-39-30-32(23-27-41(39)56(9,10)50(36)52(38)59-47)57(44-19-15-21-46-48(44)37-17-12-14-20-45(37)58-46)33-22-24-35-34-16-11-13-18-40(34)55(7,8)43(35)31-33/h11-31H,1-10H3. The van der Waals surface area contributed by atoms with Crippen LogP contribution in [-0.4, -0.2) is 0 Å². The van der Waals surface area contributed by atoms with Gasteiger partial charge < -0.3 is 13.7 Å². The Morgan fingerprint density at radius 1 is 0.458 bits per heavy atom. The molecule has 7 aromatic carbocycles. The zero-order chi connectivity index (χ0) is 41.0. The minimum Gasteiger partial charge on any atom is -0.456 e. The average Bonchev–Trinajstić information content (AvgIpc) is 3.89. The third-order valence-corrected chi connectivity index (χ3v) is 13.7. The minimum absolute atomic E-state index is 0.000544. The van der Waals surface area contributed by atoms with Gasteiger partial charge in [-0.15, -0.1) is 0 Å². The summed E-state index contributed by atoms with van der Waals surface area (Å²) in [5.41, 5.74) is 19.8. The van der Waals surface area contributed by atoms with Crippen LogP contribution in [0.4, 0.5) is 17.1 Å². The highest BCUT2D eigenvalue weighted by Crippen LogP contribution is 2.56. The summed E-state index contributed by atoms with van der Waals surface area (Å²) in [4.78, 5) is 2.46. The molecule has 2 heterocycles. The van der Waals surface area contributed by atoms with Crippen molar-refractivity contribution in [1.82, 2.24) is 0 Å². The van der Waals surface area contributed by atoms with Crippen molar-refractivity contribution in [3.05, 3.63) is 161 Å². The van der Waals surface area contributed by atoms with Gasteiger partial charge in [0.25, 0.3) is 0 Å². The lowest BCUT2D eigenvalue weighted by molar-refractivity contribution is 0.534. The quantitative estimate of drug-likeness (QED) is 0.179. The number of hydrogen-bond donors (Lipinski definition) is 0. The molecule has 0 radical (unpaired) electrons. The Morgan fingerprint density at radius 2 is 1.12 bits per heavy atom. The zero-order valence-electron chi connectivity index (χ0n) is 35.9. The summed E-state index contributed by atoms with van der Waals surface area (Å²) in [5.74, 6) is 0. The Bertz CT molecular complexity index is 3240. The van der Waals surface area contributed by atoms with Crippen molar-refractivity contribution in [3.8, 4) is 22.3 Å². The fourth-order valence-corrected chi connectivity index (χ4v) is 11.0. The van der Waals surface area contributed by atoms with E-state index in [1.165, 1.54) is 66.4 Å². The molecule has 0 N–H and O–H groups in total. The van der Waals surface area contributed by atoms with Crippen molar-refractivity contribution < 1.29 is 8.83 Å². The summed E-state index contributed by atoms with van der Waals surface area (Å²) in [6.45, 7) is 23.4. The Kier molecular flexibility index (Phi) is 7.20. The first-order valence-corrected chi connectivity index (χ1v) is 21.2. The molecular weight excluding hydrogens is 719 g/mol. The maximum Gasteiger partial charge on any atom is 0.140 e. The molecule has 0 fully saturated rings. The van der Waals surface area contributed by atoms with E-state index in [1.807, 2.05) is 0 Å². The number of benzene rings is 7. The van der Waals surface area contributed by atoms with Crippen LogP contribution in [0.5, 0.6) is 0 Å². The highest BCUT2D eigenvalue weighted by molar-refractivity contribution is 6.14. The fraction of sp³-hybridized carbons (Fsp3) is 0.250. The lowest BCUT2D eigenvalue weighted by Crippen LogP contribution is -2.22. The van der Waals surface area contributed by atoms with Gasteiger partial charge in [-0.3, -0.25) is 0 Å². The number of fused-ring (bicyclic) bond motifs is 13. The van der Waals surface area contributed by atoms with Gasteiger partial charge in [0.2, 0.25) is 0 Å². The molecule has 0 aliphatic heterocycles. The van der Waals surface area contributed by atoms with E-state index in [4.69, 9.17) is 8.83 Å². The number of para-hydroxylation sites is 1. The molecular formula is C56H51NO2. The number of furan rings is 2. The Morgan fingerprint density at radius 3 is 1.92 bits per heavy atom. The van der Waals surface area contributed by atoms with Crippen LogP contribution in [0.1, 0.15) is 103 Å². The Balaban J connectivity index is 1.16. The molecule has 0 saturated heterocycles. The van der Waals surface area contributed by atoms with Gasteiger partial charge in [-0.1, -0.05) is 142 Å². The SMILES string of the molecule is CC(C)(C)c1ccc2oc3c4c(ccc3c2c1C(C)(C)C)-c1cc(N(c2ccc3c(c2)C(C)(C)c2ccccc2-3)c2cccc3oc5ccccc5c23)ccc1C4(C)C. The Hall–Kier alpha value is -6.06. The second kappa shape index (κ2) is 11.8. The predicted octanol–water partition coefficient (Wildman–Crippen LogP) is 16.2. The zero-order valence-corrected chi connectivity index (χ0v) is 35.9. The van der Waals surface area contributed by atoms with Gasteiger partial charge in [-0.2, -0.15) is 0 Å². The maximum atomic E-state index is 7.03. The van der Waals surface area contributed by atoms with Crippen molar-refractivity contribution >= 4 is 60.9 Å². The van der Waals surface area contributed by atoms with Crippen molar-refractivity contribution in [1.29, 1.82) is 0 Å². The lowest BCUT2D eigenvalue weighted by Gasteiger charge is -2.30. The predicted molar refractivity (Wildman–Crippen MR) is 248 cm³/mol. The van der Waals surface area contributed by atoms with Crippen molar-refractivity contribution in [2.75, 3.05) is 4.90 Å². The molecule has 0 saturated carbocycles. The molecule has 0 atom stereocenters. The van der Waals surface area contributed by atoms with Gasteiger partial charge >= 0.3 is 0 Å². The highest BCUT2D eigenvalue weighted by atomic mass is 16.3. The molecule has 11 rings (SSSR count). The first-order chi connectivity index (χ1) is 28.0. The van der Waals surface area contributed by atoms with E-state index in [0.717, 1.165) is 50.2 Å². The highest BCUT2D eigenvalue weighted by Gasteiger charge is 2.41. The monoisotopic (exact) mass is 769 g/mol. The molecule has 3 nitrogen and oxygen atoms in total. The first kappa shape index (κ1) is 36.1. The molecule has 0 spiro atoms. The van der Waals surface area contributed by atoms with E-state index in [0.29, 0.717) is 0 Å². The number of anilines is 3. The Labute approximate surface area is 347 Å². The fourth-order valence-electron chi connectivity index (χ4n) is 11.0. The molecule has 3 heteroatoms. The van der Waals surface area contributed by atoms with Gasteiger partial charge in [0.1, 0.15) is 22.3 Å². The van der Waals surface area contributed by atoms with Crippen LogP contribution < -0.4 is 4.90 Å². The van der Waals surface area contributed by atoms with Crippen LogP contribution in [0.3, 0.4) is 0 Å². The smallest absolute Gasteiger partial charge is 0.140 e. The van der Waals surface area contributed by atoms with Gasteiger partial charge in [0.05, 0.1) is 11.1 Å². The van der Waals surface area contributed by atoms with Gasteiger partial charge in [-0.25, -0.2) is 0 Å². The summed E-state index contributed by atoms with van der Waals surface area (Å²) in [6, 6.07) is 47.1. The summed E-state index contributed by atoms with van der Waals surface area (Å²) in [6.07, 6.45) is 0. The van der Waals surface area contributed by atoms with Crippen molar-refractivity contribution in [2.24, 2.45) is 0 Å². The van der Waals surface area contributed by atoms with Crippen LogP contribution in [0.25, 0.3) is 66.1 Å². The van der Waals surface area contributed by atoms with E-state index in [1.54, 1.807) is 0 Å². The minimum atomic E-state index is -0.277. The van der Waals surface area contributed by atoms with Crippen LogP contribution in [0.15, 0.2) is 136 Å². The van der Waals surface area contributed by atoms with Gasteiger partial charge in [0, 0.05) is 43.9 Å².